The number of nitrogens with zero attached hydrogens (tertiary/aromatic N) is 4. The third-order valence-corrected chi connectivity index (χ3v) is 19.1. The minimum absolute atomic E-state index is 0.297. The fourth-order valence-corrected chi connectivity index (χ4v) is 15.3. The van der Waals surface area contributed by atoms with Gasteiger partial charge in [0, 0.05) is 85.3 Å². The Morgan fingerprint density at radius 2 is 0.667 bits per heavy atom. The molecule has 0 fully saturated rings. The molecule has 93 heavy (non-hydrogen) atoms. The van der Waals surface area contributed by atoms with Crippen molar-refractivity contribution in [3.8, 4) is 45.3 Å². The van der Waals surface area contributed by atoms with Gasteiger partial charge in [0.1, 0.15) is 34.2 Å². The first-order valence-electron chi connectivity index (χ1n) is 31.8. The summed E-state index contributed by atoms with van der Waals surface area (Å²) in [6, 6.07) is 117. The molecule has 0 bridgehead atoms. The Labute approximate surface area is 539 Å². The lowest BCUT2D eigenvalue weighted by atomic mass is 9.30. The lowest BCUT2D eigenvalue weighted by Crippen LogP contribution is -2.63. The summed E-state index contributed by atoms with van der Waals surface area (Å²) in [4.78, 5) is 9.56. The third-order valence-electron chi connectivity index (χ3n) is 19.1. The summed E-state index contributed by atoms with van der Waals surface area (Å²) < 4.78 is 23.2. The van der Waals surface area contributed by atoms with E-state index in [1.54, 1.807) is 0 Å². The van der Waals surface area contributed by atoms with Crippen molar-refractivity contribution in [2.45, 2.75) is 0 Å². The molecule has 0 unspecified atom stereocenters. The van der Waals surface area contributed by atoms with Crippen LogP contribution < -0.4 is 61.9 Å². The van der Waals surface area contributed by atoms with Crippen LogP contribution in [-0.4, -0.2) is 13.4 Å². The zero-order valence-electron chi connectivity index (χ0n) is 50.3. The highest BCUT2D eigenvalue weighted by atomic mass is 16.5. The van der Waals surface area contributed by atoms with Gasteiger partial charge in [-0.25, -0.2) is 0 Å². The number of furan rings is 1. The third kappa shape index (κ3) is 8.26. The maximum Gasteiger partial charge on any atom is 0.256 e. The van der Waals surface area contributed by atoms with Crippen LogP contribution in [0.5, 0.6) is 23.0 Å². The van der Waals surface area contributed by atoms with Crippen molar-refractivity contribution >= 4 is 136 Å². The number of para-hydroxylation sites is 10. The second-order valence-corrected chi connectivity index (χ2v) is 24.2. The largest absolute Gasteiger partial charge is 0.457 e. The number of hydrogen-bond acceptors (Lipinski definition) is 7. The topological polar surface area (TPSA) is 44.6 Å². The first kappa shape index (κ1) is 52.7. The monoisotopic (exact) mass is 1190 g/mol. The van der Waals surface area contributed by atoms with E-state index in [2.05, 4.69) is 341 Å². The summed E-state index contributed by atoms with van der Waals surface area (Å²) in [7, 11) is 0. The molecule has 0 atom stereocenters. The Bertz CT molecular complexity index is 5110. The average molecular weight is 1190 g/mol. The molecule has 0 saturated heterocycles. The van der Waals surface area contributed by atoms with Gasteiger partial charge in [0.2, 0.25) is 0 Å². The van der Waals surface area contributed by atoms with E-state index >= 15 is 0 Å². The standard InChI is InChI=1S/C84H54B2N4O3/c1-7-28-55(29-8-1)87(56-30-9-2-10-31-56)61-50-74-80-77(52-61)92-83-70(85(80)68-45-22-24-47-72(68)89(74)59-36-15-5-16-37-59)54-71-84(79(83)65-42-20-19-40-63(65)66-43-27-44-67-64-41-21-26-49-76(64)91-82(66)67)93-78-53-62(88(57-32-11-3-12-33-57)58-34-13-4-14-35-58)51-75-81(78)86(71)69-46-23-25-48-73(69)90(75)60-38-17-6-18-39-60/h1-54H. The van der Waals surface area contributed by atoms with Crippen molar-refractivity contribution in [2.24, 2.45) is 0 Å². The molecule has 1 aromatic heterocycles. The van der Waals surface area contributed by atoms with E-state index in [1.807, 2.05) is 6.07 Å². The molecular formula is C84H54B2N4O3. The highest BCUT2D eigenvalue weighted by Gasteiger charge is 2.49. The van der Waals surface area contributed by atoms with Crippen LogP contribution in [0.15, 0.2) is 332 Å². The molecule has 0 saturated carbocycles. The predicted octanol–water partition coefficient (Wildman–Crippen LogP) is 18.7. The Hall–Kier alpha value is -12.2. The summed E-state index contributed by atoms with van der Waals surface area (Å²) in [5.41, 5.74) is 24.4. The summed E-state index contributed by atoms with van der Waals surface area (Å²) in [6.07, 6.45) is 0. The highest BCUT2D eigenvalue weighted by Crippen LogP contribution is 2.54. The summed E-state index contributed by atoms with van der Waals surface area (Å²) >= 11 is 0. The van der Waals surface area contributed by atoms with Gasteiger partial charge in [-0.15, -0.1) is 0 Å². The molecule has 14 aromatic carbocycles. The number of benzene rings is 14. The van der Waals surface area contributed by atoms with Gasteiger partial charge in [0.15, 0.2) is 0 Å². The lowest BCUT2D eigenvalue weighted by Gasteiger charge is -2.43. The van der Waals surface area contributed by atoms with Crippen molar-refractivity contribution in [2.75, 3.05) is 19.6 Å². The summed E-state index contributed by atoms with van der Waals surface area (Å²) in [5.74, 6) is 2.98. The summed E-state index contributed by atoms with van der Waals surface area (Å²) in [6.45, 7) is -0.594. The number of hydrogen-bond donors (Lipinski definition) is 0. The van der Waals surface area contributed by atoms with Crippen LogP contribution >= 0.6 is 0 Å². The normalized spacial score (nSPS) is 12.8. The van der Waals surface area contributed by atoms with Gasteiger partial charge < -0.3 is 33.5 Å². The van der Waals surface area contributed by atoms with E-state index in [4.69, 9.17) is 13.9 Å². The molecule has 0 amide bonds. The average Bonchev–Trinajstić information content (AvgIpc) is 1.35. The van der Waals surface area contributed by atoms with E-state index in [-0.39, 0.29) is 13.4 Å². The van der Waals surface area contributed by atoms with Gasteiger partial charge in [-0.2, -0.15) is 0 Å². The first-order chi connectivity index (χ1) is 46.2. The Morgan fingerprint density at radius 3 is 1.15 bits per heavy atom. The van der Waals surface area contributed by atoms with Gasteiger partial charge in [-0.3, -0.25) is 0 Å². The molecular weight excluding hydrogens is 1130 g/mol. The Morgan fingerprint density at radius 1 is 0.280 bits per heavy atom. The van der Waals surface area contributed by atoms with Gasteiger partial charge in [-0.05, 0) is 147 Å². The minimum Gasteiger partial charge on any atom is -0.457 e. The van der Waals surface area contributed by atoms with Crippen molar-refractivity contribution in [1.29, 1.82) is 0 Å². The molecule has 4 aliphatic heterocycles. The summed E-state index contributed by atoms with van der Waals surface area (Å²) in [5, 5.41) is 2.12. The molecule has 4 aliphatic rings. The van der Waals surface area contributed by atoms with Crippen LogP contribution in [0.3, 0.4) is 0 Å². The van der Waals surface area contributed by atoms with E-state index in [1.165, 1.54) is 10.9 Å². The minimum atomic E-state index is -0.297. The number of fused-ring (bicyclic) bond motifs is 11. The fraction of sp³-hybridized carbons (Fsp3) is 0. The molecule has 15 aromatic rings. The van der Waals surface area contributed by atoms with Crippen LogP contribution in [0.4, 0.5) is 68.2 Å². The Kier molecular flexibility index (Phi) is 12.0. The first-order valence-corrected chi connectivity index (χ1v) is 31.8. The maximum absolute atomic E-state index is 8.11. The quantitative estimate of drug-likeness (QED) is 0.126. The molecule has 7 nitrogen and oxygen atoms in total. The van der Waals surface area contributed by atoms with E-state index < -0.39 is 0 Å². The highest BCUT2D eigenvalue weighted by molar-refractivity contribution is 7.02. The van der Waals surface area contributed by atoms with Crippen molar-refractivity contribution in [3.63, 3.8) is 0 Å². The van der Waals surface area contributed by atoms with Gasteiger partial charge >= 0.3 is 0 Å². The number of anilines is 12. The Balaban J connectivity index is 0.936. The zero-order chi connectivity index (χ0) is 61.1. The second kappa shape index (κ2) is 21.2. The molecule has 0 radical (unpaired) electrons. The van der Waals surface area contributed by atoms with E-state index in [0.717, 1.165) is 157 Å². The molecule has 0 aliphatic carbocycles. The van der Waals surface area contributed by atoms with Crippen molar-refractivity contribution in [1.82, 2.24) is 0 Å². The van der Waals surface area contributed by atoms with Crippen LogP contribution in [0.1, 0.15) is 0 Å². The van der Waals surface area contributed by atoms with Crippen LogP contribution in [0.25, 0.3) is 44.2 Å². The van der Waals surface area contributed by atoms with Gasteiger partial charge in [0.05, 0.1) is 16.9 Å². The van der Waals surface area contributed by atoms with E-state index in [0.29, 0.717) is 0 Å². The van der Waals surface area contributed by atoms with Crippen LogP contribution in [0, 0.1) is 0 Å². The molecule has 0 spiro atoms. The molecule has 434 valence electrons. The molecule has 19 rings (SSSR count). The van der Waals surface area contributed by atoms with Crippen LogP contribution in [0.2, 0.25) is 0 Å². The van der Waals surface area contributed by atoms with Crippen LogP contribution in [-0.2, 0) is 0 Å². The van der Waals surface area contributed by atoms with Crippen molar-refractivity contribution < 1.29 is 13.9 Å². The number of ether oxygens (including phenoxy) is 2. The molecule has 0 N–H and O–H groups in total. The van der Waals surface area contributed by atoms with E-state index in [9.17, 15) is 0 Å². The smallest absolute Gasteiger partial charge is 0.256 e. The SMILES string of the molecule is c1ccc(N(c2ccccc2)c2cc3c4c(c2)N(c2ccccc2)c2ccccc2B4c2cc4c(c(-c5ccccc5-c5cccc6c5oc5ccccc56)c2O3)Oc2cc(N(c3ccccc3)c3ccccc3)cc3c2B4c2ccccc2N3c2ccccc2)cc1. The van der Waals surface area contributed by atoms with Gasteiger partial charge in [-0.1, -0.05) is 212 Å². The lowest BCUT2D eigenvalue weighted by molar-refractivity contribution is 0.469. The predicted molar refractivity (Wildman–Crippen MR) is 386 cm³/mol. The molecule has 9 heteroatoms. The second-order valence-electron chi connectivity index (χ2n) is 24.2. The fourth-order valence-electron chi connectivity index (χ4n) is 15.3. The zero-order valence-corrected chi connectivity index (χ0v) is 50.3. The number of rotatable bonds is 10. The maximum atomic E-state index is 8.11. The van der Waals surface area contributed by atoms with Gasteiger partial charge in [0.25, 0.3) is 13.4 Å². The van der Waals surface area contributed by atoms with Crippen molar-refractivity contribution in [3.05, 3.63) is 328 Å². The molecule has 5 heterocycles.